The highest BCUT2D eigenvalue weighted by molar-refractivity contribution is 5.80. The minimum absolute atomic E-state index is 0.133. The summed E-state index contributed by atoms with van der Waals surface area (Å²) in [5.41, 5.74) is 1.48. The Hall–Kier alpha value is -2.47. The van der Waals surface area contributed by atoms with E-state index >= 15 is 0 Å². The van der Waals surface area contributed by atoms with Crippen LogP contribution in [0.3, 0.4) is 0 Å². The van der Waals surface area contributed by atoms with Crippen molar-refractivity contribution in [3.8, 4) is 11.3 Å². The van der Waals surface area contributed by atoms with Crippen LogP contribution in [0.25, 0.3) is 22.3 Å². The Morgan fingerprint density at radius 1 is 1.00 bits per heavy atom. The fourth-order valence-corrected chi connectivity index (χ4v) is 3.51. The molecule has 0 amide bonds. The first-order valence-corrected chi connectivity index (χ1v) is 8.69. The summed E-state index contributed by atoms with van der Waals surface area (Å²) >= 11 is 0. The van der Waals surface area contributed by atoms with Crippen LogP contribution in [0.4, 0.5) is 0 Å². The number of aliphatic hydroxyl groups excluding tert-OH is 2. The van der Waals surface area contributed by atoms with E-state index in [4.69, 9.17) is 9.15 Å². The van der Waals surface area contributed by atoms with Crippen molar-refractivity contribution in [2.75, 3.05) is 0 Å². The molecule has 1 unspecified atom stereocenters. The molecule has 26 heavy (non-hydrogen) atoms. The van der Waals surface area contributed by atoms with E-state index in [1.165, 1.54) is 0 Å². The van der Waals surface area contributed by atoms with Gasteiger partial charge in [-0.15, -0.1) is 0 Å². The number of aliphatic hydroxyl groups is 2. The zero-order chi connectivity index (χ0) is 18.3. The first-order valence-electron chi connectivity index (χ1n) is 8.69. The van der Waals surface area contributed by atoms with Crippen LogP contribution in [0.1, 0.15) is 25.0 Å². The van der Waals surface area contributed by atoms with Crippen molar-refractivity contribution in [3.63, 3.8) is 0 Å². The molecule has 0 saturated carbocycles. The summed E-state index contributed by atoms with van der Waals surface area (Å²) in [7, 11) is 0. The number of ether oxygens (including phenoxy) is 1. The van der Waals surface area contributed by atoms with Gasteiger partial charge in [0.2, 0.25) is 0 Å². The van der Waals surface area contributed by atoms with E-state index in [1.807, 2.05) is 36.4 Å². The molecule has 1 aliphatic heterocycles. The van der Waals surface area contributed by atoms with Gasteiger partial charge in [0.15, 0.2) is 5.43 Å². The van der Waals surface area contributed by atoms with Gasteiger partial charge in [-0.05, 0) is 19.1 Å². The highest BCUT2D eigenvalue weighted by Gasteiger charge is 2.37. The van der Waals surface area contributed by atoms with Crippen LogP contribution in [0.5, 0.6) is 0 Å². The smallest absolute Gasteiger partial charge is 0.199 e. The predicted molar refractivity (Wildman–Crippen MR) is 97.8 cm³/mol. The summed E-state index contributed by atoms with van der Waals surface area (Å²) in [4.78, 5) is 13.2. The van der Waals surface area contributed by atoms with E-state index in [1.54, 1.807) is 25.1 Å². The number of rotatable bonds is 2. The molecule has 0 radical (unpaired) electrons. The maximum Gasteiger partial charge on any atom is 0.199 e. The molecule has 2 heterocycles. The molecular weight excluding hydrogens is 332 g/mol. The fourth-order valence-electron chi connectivity index (χ4n) is 3.51. The third-order valence-electron chi connectivity index (χ3n) is 4.90. The van der Waals surface area contributed by atoms with Gasteiger partial charge in [0.05, 0.1) is 29.3 Å². The van der Waals surface area contributed by atoms with Gasteiger partial charge in [0.1, 0.15) is 17.4 Å². The van der Waals surface area contributed by atoms with Crippen LogP contribution in [-0.4, -0.2) is 28.5 Å². The van der Waals surface area contributed by atoms with E-state index < -0.39 is 24.4 Å². The number of para-hydroxylation sites is 1. The Bertz CT molecular complexity index is 967. The van der Waals surface area contributed by atoms with Crippen LogP contribution < -0.4 is 5.43 Å². The molecule has 5 heteroatoms. The molecule has 4 atom stereocenters. The van der Waals surface area contributed by atoms with Gasteiger partial charge < -0.3 is 19.4 Å². The molecule has 5 nitrogen and oxygen atoms in total. The molecule has 1 fully saturated rings. The average Bonchev–Trinajstić information content (AvgIpc) is 2.66. The molecule has 1 saturated heterocycles. The molecule has 0 aliphatic carbocycles. The molecule has 3 aromatic rings. The molecule has 4 rings (SSSR count). The second-order valence-electron chi connectivity index (χ2n) is 6.66. The van der Waals surface area contributed by atoms with Crippen molar-refractivity contribution in [2.24, 2.45) is 0 Å². The number of benzene rings is 2. The van der Waals surface area contributed by atoms with E-state index in [0.717, 1.165) is 5.56 Å². The van der Waals surface area contributed by atoms with Crippen molar-refractivity contribution < 1.29 is 19.4 Å². The molecule has 1 aromatic heterocycles. The van der Waals surface area contributed by atoms with Crippen molar-refractivity contribution in [3.05, 3.63) is 70.4 Å². The first kappa shape index (κ1) is 17.0. The summed E-state index contributed by atoms with van der Waals surface area (Å²) in [6.45, 7) is 1.69. The number of hydrogen-bond donors (Lipinski definition) is 2. The second-order valence-corrected chi connectivity index (χ2v) is 6.66. The molecule has 0 spiro atoms. The molecule has 2 N–H and O–H groups in total. The Morgan fingerprint density at radius 3 is 2.42 bits per heavy atom. The van der Waals surface area contributed by atoms with Crippen molar-refractivity contribution in [2.45, 2.75) is 37.8 Å². The lowest BCUT2D eigenvalue weighted by Crippen LogP contribution is -2.44. The SMILES string of the molecule is C[C@H]1OC(c2c(-c3ccccc3)oc3ccccc3c2=O)C[C@H](O)[C@H]1O. The first-order chi connectivity index (χ1) is 12.6. The summed E-state index contributed by atoms with van der Waals surface area (Å²) in [5.74, 6) is 0.440. The lowest BCUT2D eigenvalue weighted by Gasteiger charge is -2.35. The Kier molecular flexibility index (Phi) is 4.36. The second kappa shape index (κ2) is 6.68. The van der Waals surface area contributed by atoms with Crippen LogP contribution in [0.2, 0.25) is 0 Å². The van der Waals surface area contributed by atoms with E-state index in [2.05, 4.69) is 0 Å². The zero-order valence-electron chi connectivity index (χ0n) is 14.3. The van der Waals surface area contributed by atoms with Crippen molar-refractivity contribution in [1.29, 1.82) is 0 Å². The Labute approximate surface area is 150 Å². The lowest BCUT2D eigenvalue weighted by atomic mass is 9.91. The van der Waals surface area contributed by atoms with Crippen LogP contribution in [0.15, 0.2) is 63.8 Å². The van der Waals surface area contributed by atoms with Crippen molar-refractivity contribution in [1.82, 2.24) is 0 Å². The van der Waals surface area contributed by atoms with Crippen LogP contribution in [0, 0.1) is 0 Å². The van der Waals surface area contributed by atoms with Gasteiger partial charge >= 0.3 is 0 Å². The molecule has 1 aliphatic rings. The van der Waals surface area contributed by atoms with Crippen LogP contribution in [-0.2, 0) is 4.74 Å². The van der Waals surface area contributed by atoms with Crippen LogP contribution >= 0.6 is 0 Å². The molecule has 134 valence electrons. The standard InChI is InChI=1S/C21H20O5/c1-12-19(23)15(22)11-17(25-12)18-20(24)14-9-5-6-10-16(14)26-21(18)13-7-3-2-4-8-13/h2-10,12,15,17,19,22-23H,11H2,1H3/t12-,15+,17?,19+/m1/s1. The largest absolute Gasteiger partial charge is 0.455 e. The van der Waals surface area contributed by atoms with Gasteiger partial charge in [-0.25, -0.2) is 0 Å². The van der Waals surface area contributed by atoms with Gasteiger partial charge in [-0.1, -0.05) is 42.5 Å². The maximum absolute atomic E-state index is 13.2. The molecule has 2 aromatic carbocycles. The minimum Gasteiger partial charge on any atom is -0.455 e. The monoisotopic (exact) mass is 352 g/mol. The summed E-state index contributed by atoms with van der Waals surface area (Å²) in [6.07, 6.45) is -3.04. The molecule has 0 bridgehead atoms. The van der Waals surface area contributed by atoms with Gasteiger partial charge in [0, 0.05) is 12.0 Å². The highest BCUT2D eigenvalue weighted by Crippen LogP contribution is 2.37. The topological polar surface area (TPSA) is 79.9 Å². The summed E-state index contributed by atoms with van der Waals surface area (Å²) < 4.78 is 12.0. The quantitative estimate of drug-likeness (QED) is 0.741. The van der Waals surface area contributed by atoms with E-state index in [9.17, 15) is 15.0 Å². The lowest BCUT2D eigenvalue weighted by molar-refractivity contribution is -0.163. The third kappa shape index (κ3) is 2.84. The normalized spacial score (nSPS) is 26.1. The number of fused-ring (bicyclic) bond motifs is 1. The maximum atomic E-state index is 13.2. The third-order valence-corrected chi connectivity index (χ3v) is 4.90. The average molecular weight is 352 g/mol. The van der Waals surface area contributed by atoms with Crippen molar-refractivity contribution >= 4 is 11.0 Å². The summed E-state index contributed by atoms with van der Waals surface area (Å²) in [5, 5.41) is 20.6. The molecular formula is C21H20O5. The van der Waals surface area contributed by atoms with E-state index in [-0.39, 0.29) is 11.8 Å². The predicted octanol–water partition coefficient (Wildman–Crippen LogP) is 3.03. The van der Waals surface area contributed by atoms with Gasteiger partial charge in [-0.2, -0.15) is 0 Å². The van der Waals surface area contributed by atoms with Gasteiger partial charge in [0.25, 0.3) is 0 Å². The summed E-state index contributed by atoms with van der Waals surface area (Å²) in [6, 6.07) is 16.5. The highest BCUT2D eigenvalue weighted by atomic mass is 16.5. The van der Waals surface area contributed by atoms with E-state index in [0.29, 0.717) is 22.3 Å². The number of hydrogen-bond acceptors (Lipinski definition) is 5. The minimum atomic E-state index is -0.973. The Balaban J connectivity index is 1.95. The zero-order valence-corrected chi connectivity index (χ0v) is 14.3. The Morgan fingerprint density at radius 2 is 1.69 bits per heavy atom. The van der Waals surface area contributed by atoms with Gasteiger partial charge in [-0.3, -0.25) is 4.79 Å². The fraction of sp³-hybridized carbons (Fsp3) is 0.286.